The fourth-order valence-electron chi connectivity index (χ4n) is 3.49. The molecule has 110 valence electrons. The number of hydrogen-bond donors (Lipinski definition) is 0. The molecule has 2 atom stereocenters. The van der Waals surface area contributed by atoms with E-state index in [1.54, 1.807) is 7.11 Å². The molecule has 2 aliphatic rings. The zero-order valence-corrected chi connectivity index (χ0v) is 14.1. The number of pyridine rings is 1. The van der Waals surface area contributed by atoms with Crippen LogP contribution >= 0.6 is 22.6 Å². The molecule has 0 saturated carbocycles. The van der Waals surface area contributed by atoms with E-state index in [9.17, 15) is 0 Å². The molecule has 2 bridgehead atoms. The first-order valence-corrected chi connectivity index (χ1v) is 8.47. The maximum atomic E-state index is 5.18. The summed E-state index contributed by atoms with van der Waals surface area (Å²) in [5.74, 6) is 1.14. The molecule has 3 rings (SSSR count). The van der Waals surface area contributed by atoms with Gasteiger partial charge in [-0.3, -0.25) is 4.90 Å². The van der Waals surface area contributed by atoms with E-state index in [2.05, 4.69) is 49.5 Å². The lowest BCUT2D eigenvalue weighted by Gasteiger charge is -2.41. The van der Waals surface area contributed by atoms with E-state index in [-0.39, 0.29) is 0 Å². The second-order valence-corrected chi connectivity index (χ2v) is 6.95. The molecule has 0 N–H and O–H groups in total. The summed E-state index contributed by atoms with van der Waals surface area (Å²) in [5.41, 5.74) is 0. The minimum atomic E-state index is 0.701. The molecule has 0 amide bonds. The number of ether oxygens (including phenoxy) is 1. The Labute approximate surface area is 134 Å². The van der Waals surface area contributed by atoms with Gasteiger partial charge in [-0.2, -0.15) is 0 Å². The number of piperazine rings is 1. The second-order valence-electron chi connectivity index (χ2n) is 5.71. The quantitative estimate of drug-likeness (QED) is 0.573. The summed E-state index contributed by atoms with van der Waals surface area (Å²) in [5, 5.41) is 0. The highest BCUT2D eigenvalue weighted by atomic mass is 127. The molecular weight excluding hydrogens is 365 g/mol. The number of aromatic nitrogens is 1. The van der Waals surface area contributed by atoms with Gasteiger partial charge in [0.05, 0.1) is 0 Å². The van der Waals surface area contributed by atoms with Crippen LogP contribution in [0.1, 0.15) is 19.3 Å². The standard InChI is InChI=1S/C15H22IN3O/c1-20-8-2-7-19-13-4-5-14(19)11-18(10-13)15-6-3-12(16)9-17-15/h3,6,9,13-14H,2,4-5,7-8,10-11H2,1H3. The van der Waals surface area contributed by atoms with Crippen LogP contribution < -0.4 is 4.90 Å². The third kappa shape index (κ3) is 3.09. The molecule has 2 saturated heterocycles. The van der Waals surface area contributed by atoms with Gasteiger partial charge in [0.2, 0.25) is 0 Å². The number of halogens is 1. The van der Waals surface area contributed by atoms with E-state index in [1.165, 1.54) is 23.0 Å². The summed E-state index contributed by atoms with van der Waals surface area (Å²) in [6, 6.07) is 5.70. The Morgan fingerprint density at radius 1 is 1.30 bits per heavy atom. The van der Waals surface area contributed by atoms with Crippen molar-refractivity contribution in [1.82, 2.24) is 9.88 Å². The number of nitrogens with zero attached hydrogens (tertiary/aromatic N) is 3. The van der Waals surface area contributed by atoms with Crippen LogP contribution in [0.25, 0.3) is 0 Å². The lowest BCUT2D eigenvalue weighted by molar-refractivity contribution is 0.134. The summed E-state index contributed by atoms with van der Waals surface area (Å²) < 4.78 is 6.38. The smallest absolute Gasteiger partial charge is 0.128 e. The average molecular weight is 387 g/mol. The van der Waals surface area contributed by atoms with Crippen LogP contribution in [0.4, 0.5) is 5.82 Å². The Hall–Kier alpha value is -0.400. The fourth-order valence-corrected chi connectivity index (χ4v) is 3.81. The lowest BCUT2D eigenvalue weighted by Crippen LogP contribution is -2.54. The van der Waals surface area contributed by atoms with Crippen molar-refractivity contribution >= 4 is 28.4 Å². The Morgan fingerprint density at radius 2 is 2.05 bits per heavy atom. The van der Waals surface area contributed by atoms with E-state index in [0.29, 0.717) is 12.1 Å². The molecule has 0 aliphatic carbocycles. The molecule has 5 heteroatoms. The van der Waals surface area contributed by atoms with Gasteiger partial charge in [0.15, 0.2) is 0 Å². The fraction of sp³-hybridized carbons (Fsp3) is 0.667. The number of hydrogen-bond acceptors (Lipinski definition) is 4. The van der Waals surface area contributed by atoms with Crippen molar-refractivity contribution in [2.24, 2.45) is 0 Å². The maximum Gasteiger partial charge on any atom is 0.128 e. The highest BCUT2D eigenvalue weighted by Crippen LogP contribution is 2.32. The molecule has 2 fully saturated rings. The molecule has 20 heavy (non-hydrogen) atoms. The average Bonchev–Trinajstić information content (AvgIpc) is 2.70. The monoisotopic (exact) mass is 387 g/mol. The Kier molecular flexibility index (Phi) is 4.78. The van der Waals surface area contributed by atoms with Gasteiger partial charge in [-0.1, -0.05) is 0 Å². The van der Waals surface area contributed by atoms with E-state index in [0.717, 1.165) is 31.9 Å². The molecular formula is C15H22IN3O. The highest BCUT2D eigenvalue weighted by Gasteiger charge is 2.39. The first-order valence-electron chi connectivity index (χ1n) is 7.39. The molecule has 0 spiro atoms. The summed E-state index contributed by atoms with van der Waals surface area (Å²) in [7, 11) is 1.79. The predicted octanol–water partition coefficient (Wildman–Crippen LogP) is 2.38. The topological polar surface area (TPSA) is 28.6 Å². The molecule has 3 heterocycles. The van der Waals surface area contributed by atoms with Gasteiger partial charge in [-0.05, 0) is 54.0 Å². The van der Waals surface area contributed by atoms with E-state index in [4.69, 9.17) is 4.74 Å². The van der Waals surface area contributed by atoms with Gasteiger partial charge in [0.1, 0.15) is 5.82 Å². The molecule has 2 aliphatic heterocycles. The van der Waals surface area contributed by atoms with Crippen LogP contribution in [0.2, 0.25) is 0 Å². The van der Waals surface area contributed by atoms with Crippen molar-refractivity contribution < 1.29 is 4.74 Å². The molecule has 4 nitrogen and oxygen atoms in total. The van der Waals surface area contributed by atoms with Gasteiger partial charge in [0, 0.05) is 55.2 Å². The van der Waals surface area contributed by atoms with Gasteiger partial charge < -0.3 is 9.64 Å². The zero-order chi connectivity index (χ0) is 13.9. The first-order chi connectivity index (χ1) is 9.78. The van der Waals surface area contributed by atoms with Crippen LogP contribution in [-0.2, 0) is 4.74 Å². The highest BCUT2D eigenvalue weighted by molar-refractivity contribution is 14.1. The summed E-state index contributed by atoms with van der Waals surface area (Å²) in [4.78, 5) is 9.74. The van der Waals surface area contributed by atoms with Crippen molar-refractivity contribution in [3.63, 3.8) is 0 Å². The largest absolute Gasteiger partial charge is 0.385 e. The Bertz CT molecular complexity index is 425. The predicted molar refractivity (Wildman–Crippen MR) is 89.2 cm³/mol. The van der Waals surface area contributed by atoms with Crippen molar-refractivity contribution in [2.45, 2.75) is 31.3 Å². The van der Waals surface area contributed by atoms with E-state index >= 15 is 0 Å². The lowest BCUT2D eigenvalue weighted by atomic mass is 10.1. The van der Waals surface area contributed by atoms with Gasteiger partial charge in [-0.25, -0.2) is 4.98 Å². The van der Waals surface area contributed by atoms with E-state index in [1.807, 2.05) is 6.20 Å². The molecule has 1 aromatic rings. The van der Waals surface area contributed by atoms with Gasteiger partial charge in [-0.15, -0.1) is 0 Å². The normalized spacial score (nSPS) is 26.2. The van der Waals surface area contributed by atoms with Crippen LogP contribution in [-0.4, -0.2) is 55.3 Å². The third-order valence-electron chi connectivity index (χ3n) is 4.43. The SMILES string of the molecule is COCCCN1C2CCC1CN(c1ccc(I)cn1)C2. The Balaban J connectivity index is 1.62. The first kappa shape index (κ1) is 14.5. The van der Waals surface area contributed by atoms with Crippen LogP contribution in [0.15, 0.2) is 18.3 Å². The minimum Gasteiger partial charge on any atom is -0.385 e. The minimum absolute atomic E-state index is 0.701. The zero-order valence-electron chi connectivity index (χ0n) is 12.0. The second kappa shape index (κ2) is 6.58. The summed E-state index contributed by atoms with van der Waals surface area (Å²) in [6.45, 7) is 4.30. The third-order valence-corrected chi connectivity index (χ3v) is 5.07. The maximum absolute atomic E-state index is 5.18. The van der Waals surface area contributed by atoms with Crippen LogP contribution in [0.3, 0.4) is 0 Å². The molecule has 0 aromatic carbocycles. The molecule has 1 aromatic heterocycles. The number of fused-ring (bicyclic) bond motifs is 2. The van der Waals surface area contributed by atoms with Crippen molar-refractivity contribution in [3.05, 3.63) is 21.9 Å². The van der Waals surface area contributed by atoms with Crippen molar-refractivity contribution in [2.75, 3.05) is 38.3 Å². The summed E-state index contributed by atoms with van der Waals surface area (Å²) >= 11 is 2.31. The number of methoxy groups -OCH3 is 1. The molecule has 0 radical (unpaired) electrons. The van der Waals surface area contributed by atoms with Crippen LogP contribution in [0, 0.1) is 3.57 Å². The van der Waals surface area contributed by atoms with Crippen molar-refractivity contribution in [3.8, 4) is 0 Å². The number of anilines is 1. The van der Waals surface area contributed by atoms with Crippen LogP contribution in [0.5, 0.6) is 0 Å². The number of rotatable bonds is 5. The van der Waals surface area contributed by atoms with Crippen molar-refractivity contribution in [1.29, 1.82) is 0 Å². The van der Waals surface area contributed by atoms with Gasteiger partial charge in [0.25, 0.3) is 0 Å². The van der Waals surface area contributed by atoms with E-state index < -0.39 is 0 Å². The summed E-state index contributed by atoms with van der Waals surface area (Å²) in [6.07, 6.45) is 5.77. The van der Waals surface area contributed by atoms with Gasteiger partial charge >= 0.3 is 0 Å². The Morgan fingerprint density at radius 3 is 2.65 bits per heavy atom. The molecule has 2 unspecified atom stereocenters.